The van der Waals surface area contributed by atoms with Gasteiger partial charge >= 0.3 is 5.97 Å². The summed E-state index contributed by atoms with van der Waals surface area (Å²) in [6.07, 6.45) is 2.63. The molecule has 1 aliphatic heterocycles. The Hall–Kier alpha value is -1.84. The number of hydrogen-bond donors (Lipinski definition) is 2. The molecule has 3 aromatic rings. The normalized spacial score (nSPS) is 19.9. The molecule has 0 aliphatic carbocycles. The lowest BCUT2D eigenvalue weighted by molar-refractivity contribution is -0.146. The topological polar surface area (TPSA) is 82.9 Å². The molecule has 0 radical (unpaired) electrons. The van der Waals surface area contributed by atoms with Gasteiger partial charge in [-0.1, -0.05) is 11.6 Å². The molecule has 0 saturated carbocycles. The van der Waals surface area contributed by atoms with Crippen LogP contribution < -0.4 is 4.74 Å². The summed E-state index contributed by atoms with van der Waals surface area (Å²) in [5.41, 5.74) is 1.36. The largest absolute Gasteiger partial charge is 0.497 e. The zero-order valence-electron chi connectivity index (χ0n) is 19.0. The number of methoxy groups -OCH3 is 1. The van der Waals surface area contributed by atoms with E-state index >= 15 is 0 Å². The molecule has 9 heteroatoms. The molecule has 0 amide bonds. The van der Waals surface area contributed by atoms with Gasteiger partial charge < -0.3 is 19.8 Å². The van der Waals surface area contributed by atoms with Gasteiger partial charge in [0.1, 0.15) is 5.75 Å². The maximum absolute atomic E-state index is 12.0. The summed E-state index contributed by atoms with van der Waals surface area (Å²) in [4.78, 5) is 19.9. The van der Waals surface area contributed by atoms with Gasteiger partial charge in [-0.2, -0.15) is 11.3 Å². The number of rotatable bonds is 10. The van der Waals surface area contributed by atoms with E-state index in [0.717, 1.165) is 36.2 Å². The average molecular weight is 521 g/mol. The second kappa shape index (κ2) is 11.7. The predicted octanol–water partition coefficient (Wildman–Crippen LogP) is 5.59. The number of aliphatic carboxylic acids is 1. The smallest absolute Gasteiger partial charge is 0.308 e. The minimum absolute atomic E-state index is 0.0225. The van der Waals surface area contributed by atoms with Crippen molar-refractivity contribution in [1.29, 1.82) is 0 Å². The first-order valence-corrected chi connectivity index (χ1v) is 13.7. The van der Waals surface area contributed by atoms with Gasteiger partial charge in [-0.05, 0) is 61.4 Å². The Morgan fingerprint density at radius 1 is 1.41 bits per heavy atom. The number of pyridine rings is 1. The molecule has 3 atom stereocenters. The number of aliphatic hydroxyl groups excluding tert-OH is 1. The molecular formula is C25H29ClN2O4S2. The van der Waals surface area contributed by atoms with Crippen molar-refractivity contribution in [1.82, 2.24) is 9.88 Å². The number of hydrogen-bond acceptors (Lipinski definition) is 7. The number of aromatic nitrogens is 1. The van der Waals surface area contributed by atoms with Crippen molar-refractivity contribution in [3.8, 4) is 5.75 Å². The van der Waals surface area contributed by atoms with Crippen molar-refractivity contribution in [3.05, 3.63) is 51.8 Å². The summed E-state index contributed by atoms with van der Waals surface area (Å²) in [7, 11) is 1.59. The molecule has 2 aromatic heterocycles. The molecular weight excluding hydrogens is 492 g/mol. The fourth-order valence-electron chi connectivity index (χ4n) is 4.67. The zero-order valence-corrected chi connectivity index (χ0v) is 21.4. The molecule has 6 nitrogen and oxygen atoms in total. The van der Waals surface area contributed by atoms with Crippen LogP contribution in [0.4, 0.5) is 0 Å². The number of likely N-dealkylation sites (tertiary alicyclic amines) is 1. The molecule has 3 unspecified atom stereocenters. The number of carboxylic acids is 1. The highest BCUT2D eigenvalue weighted by molar-refractivity contribution is 7.99. The fraction of sp³-hybridized carbons (Fsp3) is 0.440. The molecule has 0 bridgehead atoms. The van der Waals surface area contributed by atoms with Crippen LogP contribution in [0.5, 0.6) is 5.75 Å². The molecule has 1 fully saturated rings. The van der Waals surface area contributed by atoms with Crippen LogP contribution >= 0.6 is 34.7 Å². The number of benzene rings is 1. The van der Waals surface area contributed by atoms with Gasteiger partial charge in [0, 0.05) is 46.3 Å². The summed E-state index contributed by atoms with van der Waals surface area (Å²) >= 11 is 9.93. The van der Waals surface area contributed by atoms with Gasteiger partial charge in [-0.25, -0.2) is 0 Å². The number of fused-ring (bicyclic) bond motifs is 1. The summed E-state index contributed by atoms with van der Waals surface area (Å²) in [5.74, 6) is 0.447. The number of thioether (sulfide) groups is 1. The molecule has 4 rings (SSSR count). The third-order valence-electron chi connectivity index (χ3n) is 6.54. The predicted molar refractivity (Wildman–Crippen MR) is 138 cm³/mol. The highest BCUT2D eigenvalue weighted by Crippen LogP contribution is 2.37. The van der Waals surface area contributed by atoms with Gasteiger partial charge in [0.25, 0.3) is 0 Å². The minimum atomic E-state index is -0.806. The second-order valence-corrected chi connectivity index (χ2v) is 11.0. The monoisotopic (exact) mass is 520 g/mol. The van der Waals surface area contributed by atoms with Crippen LogP contribution in [0, 0.1) is 11.8 Å². The minimum Gasteiger partial charge on any atom is -0.497 e. The van der Waals surface area contributed by atoms with Gasteiger partial charge in [-0.3, -0.25) is 9.78 Å². The first kappa shape index (κ1) is 25.3. The zero-order chi connectivity index (χ0) is 24.1. The van der Waals surface area contributed by atoms with Crippen LogP contribution in [-0.2, 0) is 4.79 Å². The van der Waals surface area contributed by atoms with E-state index < -0.39 is 18.0 Å². The lowest BCUT2D eigenvalue weighted by atomic mass is 9.81. The van der Waals surface area contributed by atoms with E-state index in [-0.39, 0.29) is 5.92 Å². The molecule has 1 saturated heterocycles. The van der Waals surface area contributed by atoms with E-state index in [1.165, 1.54) is 4.90 Å². The summed E-state index contributed by atoms with van der Waals surface area (Å²) in [5, 5.41) is 26.3. The molecule has 34 heavy (non-hydrogen) atoms. The van der Waals surface area contributed by atoms with E-state index in [1.807, 2.05) is 30.0 Å². The van der Waals surface area contributed by atoms with Crippen LogP contribution in [0.1, 0.15) is 30.9 Å². The average Bonchev–Trinajstić information content (AvgIpc) is 3.36. The van der Waals surface area contributed by atoms with E-state index in [1.54, 1.807) is 24.6 Å². The van der Waals surface area contributed by atoms with Gasteiger partial charge in [0.15, 0.2) is 0 Å². The standard InChI is InChI=1S/C25H29ClN2O4S2/c1-32-17-3-4-22-19(12-17)24(21(26)13-27-22)23(29)5-2-16-6-8-28(14-20(16)25(30)31)9-11-34-18-7-10-33-15-18/h3-4,7,10,12-13,15-16,20,23,29H,2,5-6,8-9,11,14H2,1H3,(H,30,31). The number of carboxylic acid groups (broad SMARTS) is 1. The Morgan fingerprint density at radius 3 is 3.00 bits per heavy atom. The van der Waals surface area contributed by atoms with Crippen LogP contribution in [0.2, 0.25) is 5.02 Å². The van der Waals surface area contributed by atoms with Crippen LogP contribution in [0.15, 0.2) is 46.1 Å². The third kappa shape index (κ3) is 6.04. The summed E-state index contributed by atoms with van der Waals surface area (Å²) < 4.78 is 5.33. The summed E-state index contributed by atoms with van der Waals surface area (Å²) in [6, 6.07) is 7.61. The lowest BCUT2D eigenvalue weighted by Gasteiger charge is -2.37. The van der Waals surface area contributed by atoms with Gasteiger partial charge in [-0.15, -0.1) is 11.8 Å². The van der Waals surface area contributed by atoms with Gasteiger partial charge in [0.05, 0.1) is 29.7 Å². The number of piperidine rings is 1. The number of carbonyl (C=O) groups is 1. The molecule has 1 aromatic carbocycles. The number of nitrogens with zero attached hydrogens (tertiary/aromatic N) is 2. The Bertz CT molecular complexity index is 1110. The maximum Gasteiger partial charge on any atom is 0.308 e. The van der Waals surface area contributed by atoms with E-state index in [2.05, 4.69) is 26.7 Å². The Morgan fingerprint density at radius 2 is 2.26 bits per heavy atom. The van der Waals surface area contributed by atoms with Crippen LogP contribution in [0.3, 0.4) is 0 Å². The first-order valence-electron chi connectivity index (χ1n) is 11.4. The summed E-state index contributed by atoms with van der Waals surface area (Å²) in [6.45, 7) is 2.31. The number of aliphatic hydroxyl groups is 1. The third-order valence-corrected chi connectivity index (χ3v) is 8.65. The van der Waals surface area contributed by atoms with E-state index in [4.69, 9.17) is 16.3 Å². The van der Waals surface area contributed by atoms with Crippen molar-refractivity contribution in [2.24, 2.45) is 11.8 Å². The molecule has 2 N–H and O–H groups in total. The Kier molecular flexibility index (Phi) is 8.71. The molecule has 0 spiro atoms. The van der Waals surface area contributed by atoms with E-state index in [0.29, 0.717) is 35.7 Å². The quantitative estimate of drug-likeness (QED) is 0.337. The highest BCUT2D eigenvalue weighted by atomic mass is 35.5. The molecule has 3 heterocycles. The fourth-order valence-corrected chi connectivity index (χ4v) is 6.74. The Balaban J connectivity index is 1.38. The van der Waals surface area contributed by atoms with Crippen molar-refractivity contribution in [2.75, 3.05) is 32.5 Å². The lowest BCUT2D eigenvalue weighted by Crippen LogP contribution is -2.44. The number of halogens is 1. The molecule has 1 aliphatic rings. The van der Waals surface area contributed by atoms with Crippen molar-refractivity contribution >= 4 is 51.6 Å². The number of ether oxygens (including phenoxy) is 1. The van der Waals surface area contributed by atoms with Crippen LogP contribution in [0.25, 0.3) is 10.9 Å². The van der Waals surface area contributed by atoms with E-state index in [9.17, 15) is 15.0 Å². The van der Waals surface area contributed by atoms with Crippen molar-refractivity contribution in [3.63, 3.8) is 0 Å². The van der Waals surface area contributed by atoms with Crippen LogP contribution in [-0.4, -0.2) is 58.6 Å². The van der Waals surface area contributed by atoms with Crippen molar-refractivity contribution in [2.45, 2.75) is 30.3 Å². The maximum atomic E-state index is 12.0. The first-order chi connectivity index (χ1) is 16.5. The molecule has 182 valence electrons. The second-order valence-electron chi connectivity index (χ2n) is 8.60. The highest BCUT2D eigenvalue weighted by Gasteiger charge is 2.34. The van der Waals surface area contributed by atoms with Crippen molar-refractivity contribution < 1.29 is 19.7 Å². The Labute approximate surface area is 212 Å². The number of thiophene rings is 1. The van der Waals surface area contributed by atoms with Gasteiger partial charge in [0.2, 0.25) is 0 Å². The SMILES string of the molecule is COc1ccc2ncc(Cl)c(C(O)CCC3CCN(CCSc4ccsc4)CC3C(=O)O)c2c1.